The molecular weight excluding hydrogens is 286 g/mol. The summed E-state index contributed by atoms with van der Waals surface area (Å²) < 4.78 is 24.3. The molecule has 0 aliphatic heterocycles. The van der Waals surface area contributed by atoms with Crippen molar-refractivity contribution in [1.29, 1.82) is 0 Å². The lowest BCUT2D eigenvalue weighted by Crippen LogP contribution is -2.28. The van der Waals surface area contributed by atoms with Crippen molar-refractivity contribution in [2.45, 2.75) is 18.1 Å². The average Bonchev–Trinajstić information content (AvgIpc) is 3.09. The topological polar surface area (TPSA) is 80.4 Å². The summed E-state index contributed by atoms with van der Waals surface area (Å²) in [6, 6.07) is 7.10. The minimum Gasteiger partial charge on any atom is -0.396 e. The van der Waals surface area contributed by atoms with E-state index in [1.807, 2.05) is 6.07 Å². The summed E-state index contributed by atoms with van der Waals surface area (Å²) >= 11 is 5.95. The van der Waals surface area contributed by atoms with Crippen molar-refractivity contribution in [2.75, 3.05) is 18.9 Å². The Morgan fingerprint density at radius 1 is 1.47 bits per heavy atom. The molecule has 19 heavy (non-hydrogen) atoms. The lowest BCUT2D eigenvalue weighted by Gasteiger charge is -2.11. The van der Waals surface area contributed by atoms with Crippen LogP contribution in [0.25, 0.3) is 0 Å². The number of halogens is 1. The first-order valence-corrected chi connectivity index (χ1v) is 8.30. The Labute approximate surface area is 118 Å². The van der Waals surface area contributed by atoms with Gasteiger partial charge in [0.1, 0.15) is 0 Å². The van der Waals surface area contributed by atoms with Crippen LogP contribution in [0.3, 0.4) is 0 Å². The van der Waals surface area contributed by atoms with Gasteiger partial charge in [-0.3, -0.25) is 0 Å². The van der Waals surface area contributed by atoms with Crippen LogP contribution < -0.4 is 5.73 Å². The molecule has 3 N–H and O–H groups in total. The molecule has 4 nitrogen and oxygen atoms in total. The minimum absolute atomic E-state index is 0.0521. The Morgan fingerprint density at radius 3 is 2.63 bits per heavy atom. The number of benzene rings is 1. The fraction of sp³-hybridized carbons (Fsp3) is 0.538. The van der Waals surface area contributed by atoms with Crippen LogP contribution in [0.4, 0.5) is 0 Å². The molecule has 3 unspecified atom stereocenters. The fourth-order valence-electron chi connectivity index (χ4n) is 2.90. The SMILES string of the molecule is CCS(=O)(=O)C1C(c2cccc(Cl)c2)C1(CN)CO. The van der Waals surface area contributed by atoms with Gasteiger partial charge in [0, 0.05) is 28.7 Å². The van der Waals surface area contributed by atoms with Crippen molar-refractivity contribution in [3.05, 3.63) is 34.9 Å². The summed E-state index contributed by atoms with van der Waals surface area (Å²) in [6.45, 7) is 1.52. The summed E-state index contributed by atoms with van der Waals surface area (Å²) in [5, 5.41) is 9.55. The molecule has 1 saturated carbocycles. The van der Waals surface area contributed by atoms with E-state index >= 15 is 0 Å². The third-order valence-corrected chi connectivity index (χ3v) is 6.61. The summed E-state index contributed by atoms with van der Waals surface area (Å²) in [6.07, 6.45) is 0. The Kier molecular flexibility index (Phi) is 3.93. The number of nitrogens with two attached hydrogens (primary N) is 1. The van der Waals surface area contributed by atoms with Gasteiger partial charge in [0.2, 0.25) is 0 Å². The molecule has 106 valence electrons. The zero-order valence-corrected chi connectivity index (χ0v) is 12.3. The molecule has 0 bridgehead atoms. The molecule has 6 heteroatoms. The van der Waals surface area contributed by atoms with Gasteiger partial charge in [0.05, 0.1) is 11.9 Å². The second kappa shape index (κ2) is 5.05. The van der Waals surface area contributed by atoms with Crippen LogP contribution in [0.1, 0.15) is 18.4 Å². The van der Waals surface area contributed by atoms with Crippen LogP contribution in [0.5, 0.6) is 0 Å². The van der Waals surface area contributed by atoms with Crippen LogP contribution in [0.15, 0.2) is 24.3 Å². The highest BCUT2D eigenvalue weighted by Gasteiger charge is 2.69. The summed E-state index contributed by atoms with van der Waals surface area (Å²) in [5.41, 5.74) is 5.79. The molecule has 0 amide bonds. The highest BCUT2D eigenvalue weighted by Crippen LogP contribution is 2.62. The van der Waals surface area contributed by atoms with Crippen molar-refractivity contribution in [3.63, 3.8) is 0 Å². The first-order valence-electron chi connectivity index (χ1n) is 6.21. The summed E-state index contributed by atoms with van der Waals surface area (Å²) in [7, 11) is -3.25. The predicted octanol–water partition coefficient (Wildman–Crippen LogP) is 1.18. The summed E-state index contributed by atoms with van der Waals surface area (Å²) in [4.78, 5) is 0. The van der Waals surface area contributed by atoms with Crippen molar-refractivity contribution >= 4 is 21.4 Å². The Bertz CT molecular complexity index is 569. The zero-order chi connectivity index (χ0) is 14.3. The van der Waals surface area contributed by atoms with Gasteiger partial charge < -0.3 is 10.8 Å². The lowest BCUT2D eigenvalue weighted by atomic mass is 10.0. The standard InChI is InChI=1S/C13H18ClNO3S/c1-2-19(17,18)12-11(13(12,7-15)8-16)9-4-3-5-10(14)6-9/h3-6,11-12,16H,2,7-8,15H2,1H3. The Balaban J connectivity index is 2.45. The van der Waals surface area contributed by atoms with E-state index in [1.165, 1.54) is 0 Å². The fourth-order valence-corrected chi connectivity index (χ4v) is 5.26. The lowest BCUT2D eigenvalue weighted by molar-refractivity contribution is 0.212. The maximum absolute atomic E-state index is 12.2. The largest absolute Gasteiger partial charge is 0.396 e. The monoisotopic (exact) mass is 303 g/mol. The van der Waals surface area contributed by atoms with Crippen LogP contribution in [-0.4, -0.2) is 37.7 Å². The van der Waals surface area contributed by atoms with E-state index in [1.54, 1.807) is 25.1 Å². The number of aliphatic hydroxyl groups is 1. The number of hydrogen-bond acceptors (Lipinski definition) is 4. The predicted molar refractivity (Wildman–Crippen MR) is 76.0 cm³/mol. The van der Waals surface area contributed by atoms with Crippen LogP contribution in [0, 0.1) is 5.41 Å². The van der Waals surface area contributed by atoms with E-state index in [4.69, 9.17) is 17.3 Å². The third-order valence-electron chi connectivity index (χ3n) is 4.05. The number of sulfone groups is 1. The molecule has 2 rings (SSSR count). The van der Waals surface area contributed by atoms with E-state index in [9.17, 15) is 13.5 Å². The Hall–Kier alpha value is -0.620. The van der Waals surface area contributed by atoms with Gasteiger partial charge in [-0.2, -0.15) is 0 Å². The van der Waals surface area contributed by atoms with Crippen molar-refractivity contribution in [3.8, 4) is 0 Å². The number of aliphatic hydroxyl groups excluding tert-OH is 1. The minimum atomic E-state index is -3.25. The molecule has 0 saturated heterocycles. The molecule has 1 aromatic carbocycles. The van der Waals surface area contributed by atoms with Gasteiger partial charge in [-0.05, 0) is 17.7 Å². The Morgan fingerprint density at radius 2 is 2.16 bits per heavy atom. The molecule has 1 fully saturated rings. The van der Waals surface area contributed by atoms with Crippen molar-refractivity contribution in [1.82, 2.24) is 0 Å². The molecule has 1 aliphatic carbocycles. The van der Waals surface area contributed by atoms with Gasteiger partial charge in [-0.1, -0.05) is 30.7 Å². The zero-order valence-electron chi connectivity index (χ0n) is 10.7. The van der Waals surface area contributed by atoms with Crippen LogP contribution in [-0.2, 0) is 9.84 Å². The van der Waals surface area contributed by atoms with Crippen molar-refractivity contribution < 1.29 is 13.5 Å². The maximum atomic E-state index is 12.2. The molecule has 0 spiro atoms. The quantitative estimate of drug-likeness (QED) is 0.856. The average molecular weight is 304 g/mol. The van der Waals surface area contributed by atoms with Gasteiger partial charge in [0.15, 0.2) is 9.84 Å². The van der Waals surface area contributed by atoms with Crippen LogP contribution >= 0.6 is 11.6 Å². The van der Waals surface area contributed by atoms with Crippen molar-refractivity contribution in [2.24, 2.45) is 11.1 Å². The van der Waals surface area contributed by atoms with Gasteiger partial charge in [-0.15, -0.1) is 0 Å². The van der Waals surface area contributed by atoms with Crippen LogP contribution in [0.2, 0.25) is 5.02 Å². The first-order chi connectivity index (χ1) is 8.93. The van der Waals surface area contributed by atoms with E-state index in [0.29, 0.717) is 5.02 Å². The van der Waals surface area contributed by atoms with E-state index < -0.39 is 20.5 Å². The third kappa shape index (κ3) is 2.29. The molecule has 0 heterocycles. The van der Waals surface area contributed by atoms with Gasteiger partial charge in [-0.25, -0.2) is 8.42 Å². The molecule has 0 radical (unpaired) electrons. The molecule has 1 aliphatic rings. The van der Waals surface area contributed by atoms with E-state index in [0.717, 1.165) is 5.56 Å². The normalized spacial score (nSPS) is 30.3. The number of rotatable bonds is 5. The molecule has 3 atom stereocenters. The van der Waals surface area contributed by atoms with Gasteiger partial charge in [0.25, 0.3) is 0 Å². The molecule has 0 aromatic heterocycles. The highest BCUT2D eigenvalue weighted by molar-refractivity contribution is 7.92. The van der Waals surface area contributed by atoms with Gasteiger partial charge >= 0.3 is 0 Å². The maximum Gasteiger partial charge on any atom is 0.154 e. The second-order valence-electron chi connectivity index (χ2n) is 5.00. The number of hydrogen-bond donors (Lipinski definition) is 2. The smallest absolute Gasteiger partial charge is 0.154 e. The second-order valence-corrected chi connectivity index (χ2v) is 7.85. The molecular formula is C13H18ClNO3S. The van der Waals surface area contributed by atoms with E-state index in [-0.39, 0.29) is 24.8 Å². The molecule has 1 aromatic rings. The van der Waals surface area contributed by atoms with E-state index in [2.05, 4.69) is 0 Å². The summed E-state index contributed by atoms with van der Waals surface area (Å²) in [5.74, 6) is -0.220. The highest BCUT2D eigenvalue weighted by atomic mass is 35.5. The first kappa shape index (κ1) is 14.8.